The zero-order valence-corrected chi connectivity index (χ0v) is 14.9. The van der Waals surface area contributed by atoms with Crippen molar-refractivity contribution in [1.29, 1.82) is 0 Å². The van der Waals surface area contributed by atoms with Gasteiger partial charge in [-0.2, -0.15) is 13.2 Å². The fourth-order valence-corrected chi connectivity index (χ4v) is 2.44. The van der Waals surface area contributed by atoms with Crippen LogP contribution in [0.3, 0.4) is 0 Å². The fraction of sp³-hybridized carbons (Fsp3) is 0.308. The quantitative estimate of drug-likeness (QED) is 0.130. The Morgan fingerprint density at radius 3 is 2.61 bits per heavy atom. The van der Waals surface area contributed by atoms with Gasteiger partial charge in [0.05, 0.1) is 11.8 Å². The highest BCUT2D eigenvalue weighted by Gasteiger charge is 2.34. The largest absolute Gasteiger partial charge is 0.419 e. The lowest BCUT2D eigenvalue weighted by Crippen LogP contribution is -2.28. The third kappa shape index (κ3) is 5.78. The Kier molecular flexibility index (Phi) is 6.40. The van der Waals surface area contributed by atoms with Gasteiger partial charge >= 0.3 is 6.18 Å². The lowest BCUT2D eigenvalue weighted by Gasteiger charge is -2.12. The smallest absolute Gasteiger partial charge is 0.409 e. The van der Waals surface area contributed by atoms with Crippen molar-refractivity contribution in [3.05, 3.63) is 35.3 Å². The minimum Gasteiger partial charge on any atom is -0.409 e. The first-order valence-electron chi connectivity index (χ1n) is 7.38. The van der Waals surface area contributed by atoms with Crippen molar-refractivity contribution in [2.75, 3.05) is 30.0 Å². The van der Waals surface area contributed by atoms with Crippen molar-refractivity contribution in [2.45, 2.75) is 6.18 Å². The van der Waals surface area contributed by atoms with E-state index in [0.717, 1.165) is 12.3 Å². The summed E-state index contributed by atoms with van der Waals surface area (Å²) in [6.45, 7) is 0.0266. The van der Waals surface area contributed by atoms with Crippen LogP contribution in [-0.4, -0.2) is 49.1 Å². The number of sulfonamides is 1. The monoisotopic (exact) mass is 426 g/mol. The number of rotatable bonds is 7. The molecule has 0 radical (unpaired) electrons. The molecule has 1 aromatic heterocycles. The molecule has 0 saturated heterocycles. The van der Waals surface area contributed by atoms with E-state index >= 15 is 0 Å². The molecule has 28 heavy (non-hydrogen) atoms. The van der Waals surface area contributed by atoms with Gasteiger partial charge in [-0.3, -0.25) is 0 Å². The van der Waals surface area contributed by atoms with Gasteiger partial charge in [-0.25, -0.2) is 22.2 Å². The van der Waals surface area contributed by atoms with E-state index in [-0.39, 0.29) is 30.3 Å². The van der Waals surface area contributed by atoms with E-state index in [2.05, 4.69) is 35.5 Å². The normalized spacial score (nSPS) is 12.8. The highest BCUT2D eigenvalue weighted by Crippen LogP contribution is 2.33. The molecule has 0 unspecified atom stereocenters. The summed E-state index contributed by atoms with van der Waals surface area (Å²) in [6, 6.07) is 2.07. The van der Waals surface area contributed by atoms with E-state index in [1.807, 2.05) is 0 Å². The highest BCUT2D eigenvalue weighted by molar-refractivity contribution is 7.88. The SMILES string of the molecule is CS(=O)(=O)NCCNc1nonc1/C(=N\O)Nc1ccc(F)c(C(F)(F)F)c1. The second kappa shape index (κ2) is 8.39. The van der Waals surface area contributed by atoms with Gasteiger partial charge in [0.25, 0.3) is 0 Å². The number of aromatic nitrogens is 2. The predicted molar refractivity (Wildman–Crippen MR) is 89.0 cm³/mol. The van der Waals surface area contributed by atoms with Crippen LogP contribution < -0.4 is 15.4 Å². The molecular weight excluding hydrogens is 412 g/mol. The lowest BCUT2D eigenvalue weighted by atomic mass is 10.1. The Bertz CT molecular complexity index is 960. The zero-order chi connectivity index (χ0) is 20.9. The lowest BCUT2D eigenvalue weighted by molar-refractivity contribution is -0.139. The number of nitrogens with one attached hydrogen (secondary N) is 3. The van der Waals surface area contributed by atoms with Crippen molar-refractivity contribution in [2.24, 2.45) is 5.16 Å². The average Bonchev–Trinajstić information content (AvgIpc) is 3.04. The van der Waals surface area contributed by atoms with Gasteiger partial charge in [0.1, 0.15) is 5.82 Å². The summed E-state index contributed by atoms with van der Waals surface area (Å²) >= 11 is 0. The minimum atomic E-state index is -4.92. The Labute approximate surface area is 155 Å². The maximum atomic E-state index is 13.4. The number of benzene rings is 1. The van der Waals surface area contributed by atoms with E-state index in [0.29, 0.717) is 12.1 Å². The topological polar surface area (TPSA) is 142 Å². The maximum Gasteiger partial charge on any atom is 0.419 e. The van der Waals surface area contributed by atoms with Crippen molar-refractivity contribution in [3.8, 4) is 0 Å². The van der Waals surface area contributed by atoms with Gasteiger partial charge in [0.2, 0.25) is 21.7 Å². The van der Waals surface area contributed by atoms with Crippen LogP contribution in [0.5, 0.6) is 0 Å². The molecular formula is C13H14F4N6O4S. The maximum absolute atomic E-state index is 13.4. The molecule has 0 aliphatic rings. The molecule has 0 bridgehead atoms. The molecule has 2 rings (SSSR count). The van der Waals surface area contributed by atoms with Crippen molar-refractivity contribution < 1.29 is 35.8 Å². The summed E-state index contributed by atoms with van der Waals surface area (Å²) in [6.07, 6.45) is -3.96. The molecule has 15 heteroatoms. The number of amidine groups is 1. The number of nitrogens with zero attached hydrogens (tertiary/aromatic N) is 3. The van der Waals surface area contributed by atoms with E-state index in [4.69, 9.17) is 5.21 Å². The van der Waals surface area contributed by atoms with Gasteiger partial charge in [-0.15, -0.1) is 0 Å². The van der Waals surface area contributed by atoms with Crippen LogP contribution in [0.1, 0.15) is 11.3 Å². The predicted octanol–water partition coefficient (Wildman–Crippen LogP) is 1.44. The molecule has 0 spiro atoms. The Hall–Kier alpha value is -2.94. The number of oxime groups is 1. The molecule has 2 aromatic rings. The zero-order valence-electron chi connectivity index (χ0n) is 14.1. The fourth-order valence-electron chi connectivity index (χ4n) is 1.97. The van der Waals surface area contributed by atoms with Crippen molar-refractivity contribution >= 4 is 27.4 Å². The third-order valence-electron chi connectivity index (χ3n) is 3.13. The van der Waals surface area contributed by atoms with Crippen LogP contribution in [0.15, 0.2) is 28.0 Å². The van der Waals surface area contributed by atoms with Crippen LogP contribution in [0, 0.1) is 5.82 Å². The van der Waals surface area contributed by atoms with Crippen molar-refractivity contribution in [1.82, 2.24) is 15.0 Å². The number of alkyl halides is 3. The summed E-state index contributed by atoms with van der Waals surface area (Å²) in [7, 11) is -3.40. The van der Waals surface area contributed by atoms with Crippen LogP contribution in [0.25, 0.3) is 0 Å². The number of anilines is 2. The van der Waals surface area contributed by atoms with E-state index in [9.17, 15) is 26.0 Å². The van der Waals surface area contributed by atoms with E-state index in [1.165, 1.54) is 0 Å². The molecule has 4 N–H and O–H groups in total. The first kappa shape index (κ1) is 21.4. The summed E-state index contributed by atoms with van der Waals surface area (Å²) in [5.41, 5.74) is -1.97. The summed E-state index contributed by atoms with van der Waals surface area (Å²) in [5, 5.41) is 24.0. The van der Waals surface area contributed by atoms with Gasteiger partial charge in [-0.1, -0.05) is 5.16 Å². The minimum absolute atomic E-state index is 0.0168. The second-order valence-electron chi connectivity index (χ2n) is 5.32. The molecule has 0 saturated carbocycles. The van der Waals surface area contributed by atoms with Crippen molar-refractivity contribution in [3.63, 3.8) is 0 Å². The molecule has 154 valence electrons. The Balaban J connectivity index is 2.14. The number of hydrogen-bond acceptors (Lipinski definition) is 8. The summed E-state index contributed by atoms with van der Waals surface area (Å²) < 4.78 is 80.4. The average molecular weight is 426 g/mol. The molecule has 0 atom stereocenters. The van der Waals surface area contributed by atoms with Crippen LogP contribution >= 0.6 is 0 Å². The van der Waals surface area contributed by atoms with Crippen LogP contribution in [0.2, 0.25) is 0 Å². The number of hydrogen-bond donors (Lipinski definition) is 4. The highest BCUT2D eigenvalue weighted by atomic mass is 32.2. The molecule has 10 nitrogen and oxygen atoms in total. The van der Waals surface area contributed by atoms with Gasteiger partial charge in [-0.05, 0) is 28.5 Å². The first-order valence-corrected chi connectivity index (χ1v) is 9.27. The first-order chi connectivity index (χ1) is 13.0. The molecule has 1 aromatic carbocycles. The molecule has 1 heterocycles. The second-order valence-corrected chi connectivity index (χ2v) is 7.15. The van der Waals surface area contributed by atoms with E-state index in [1.54, 1.807) is 0 Å². The summed E-state index contributed by atoms with van der Waals surface area (Å²) in [5.74, 6) is -1.99. The van der Waals surface area contributed by atoms with Gasteiger partial charge in [0, 0.05) is 18.8 Å². The molecule has 0 aliphatic heterocycles. The molecule has 0 aliphatic carbocycles. The van der Waals surface area contributed by atoms with Gasteiger partial charge in [0.15, 0.2) is 5.69 Å². The standard InChI is InChI=1S/C13H14F4N6O4S/c1-28(25,26)19-5-4-18-11-10(22-27-23-11)12(21-24)20-7-2-3-9(14)8(6-7)13(15,16)17/h2-3,6,19,24H,4-5H2,1H3,(H,18,23)(H,20,21). The van der Waals surface area contributed by atoms with Crippen LogP contribution in [-0.2, 0) is 16.2 Å². The van der Waals surface area contributed by atoms with E-state index < -0.39 is 33.4 Å². The molecule has 0 fully saturated rings. The molecule has 0 amide bonds. The van der Waals surface area contributed by atoms with Gasteiger partial charge < -0.3 is 15.8 Å². The summed E-state index contributed by atoms with van der Waals surface area (Å²) in [4.78, 5) is 0. The Morgan fingerprint density at radius 2 is 2.00 bits per heavy atom. The third-order valence-corrected chi connectivity index (χ3v) is 3.86. The number of halogens is 4. The Morgan fingerprint density at radius 1 is 1.29 bits per heavy atom. The van der Waals surface area contributed by atoms with Crippen LogP contribution in [0.4, 0.5) is 29.1 Å².